The lowest BCUT2D eigenvalue weighted by molar-refractivity contribution is 1.21. The van der Waals surface area contributed by atoms with Gasteiger partial charge >= 0.3 is 0 Å². The number of rotatable bonds is 2. The molecule has 0 aromatic carbocycles. The fourth-order valence-electron chi connectivity index (χ4n) is 0.405. The normalized spacial score (nSPS) is 8.75. The summed E-state index contributed by atoms with van der Waals surface area (Å²) in [7, 11) is 0. The van der Waals surface area contributed by atoms with Crippen molar-refractivity contribution in [3.8, 4) is 0 Å². The monoisotopic (exact) mass is 171 g/mol. The quantitative estimate of drug-likeness (QED) is 0.544. The molecule has 0 aromatic rings. The van der Waals surface area contributed by atoms with Gasteiger partial charge in [-0.15, -0.1) is 0 Å². The van der Waals surface area contributed by atoms with E-state index in [2.05, 4.69) is 18.5 Å². The summed E-state index contributed by atoms with van der Waals surface area (Å²) in [5.41, 5.74) is 2.04. The van der Waals surface area contributed by atoms with Crippen LogP contribution in [0.5, 0.6) is 0 Å². The Balaban J connectivity index is -0.000000175. The highest BCUT2D eigenvalue weighted by Gasteiger charge is 1.81. The predicted molar refractivity (Wildman–Crippen MR) is 60.9 cm³/mol. The van der Waals surface area contributed by atoms with Crippen LogP contribution < -0.4 is 0 Å². The topological polar surface area (TPSA) is 12.4 Å². The molecule has 0 saturated heterocycles. The van der Waals surface area contributed by atoms with E-state index in [1.165, 1.54) is 0 Å². The summed E-state index contributed by atoms with van der Waals surface area (Å²) in [6, 6.07) is 0. The molecule has 0 unspecified atom stereocenters. The van der Waals surface area contributed by atoms with Crippen molar-refractivity contribution in [2.75, 3.05) is 0 Å². The molecule has 1 heteroatoms. The van der Waals surface area contributed by atoms with E-state index in [4.69, 9.17) is 0 Å². The van der Waals surface area contributed by atoms with Crippen molar-refractivity contribution in [3.63, 3.8) is 0 Å². The minimum absolute atomic E-state index is 0.893. The van der Waals surface area contributed by atoms with Gasteiger partial charge in [0.05, 0.1) is 0 Å². The lowest BCUT2D eigenvalue weighted by atomic mass is 10.3. The highest BCUT2D eigenvalue weighted by atomic mass is 14.7. The SMILES string of the molecule is C=C(C)N=C(C)CC.CC.CC. The molecule has 1 nitrogen and oxygen atoms in total. The molecule has 0 spiro atoms. The first-order chi connectivity index (χ1) is 5.66. The van der Waals surface area contributed by atoms with Crippen LogP contribution in [0.25, 0.3) is 0 Å². The number of nitrogens with zero attached hydrogens (tertiary/aromatic N) is 1. The molecule has 0 saturated carbocycles. The third-order valence-corrected chi connectivity index (χ3v) is 0.893. The summed E-state index contributed by atoms with van der Waals surface area (Å²) in [6.07, 6.45) is 1.02. The largest absolute Gasteiger partial charge is 0.263 e. The van der Waals surface area contributed by atoms with Gasteiger partial charge in [0.15, 0.2) is 0 Å². The third-order valence-electron chi connectivity index (χ3n) is 0.893. The van der Waals surface area contributed by atoms with Gasteiger partial charge in [-0.05, 0) is 20.3 Å². The van der Waals surface area contributed by atoms with E-state index in [-0.39, 0.29) is 0 Å². The maximum atomic E-state index is 4.12. The second-order valence-corrected chi connectivity index (χ2v) is 1.94. The lowest BCUT2D eigenvalue weighted by Gasteiger charge is -1.91. The van der Waals surface area contributed by atoms with Gasteiger partial charge < -0.3 is 0 Å². The Hall–Kier alpha value is -0.590. The Bertz CT molecular complexity index is 112. The Kier molecular flexibility index (Phi) is 24.5. The van der Waals surface area contributed by atoms with Gasteiger partial charge in [-0.3, -0.25) is 4.99 Å². The van der Waals surface area contributed by atoms with Crippen LogP contribution in [0.4, 0.5) is 0 Å². The predicted octanol–water partition coefficient (Wildman–Crippen LogP) is 4.44. The van der Waals surface area contributed by atoms with Gasteiger partial charge in [-0.25, -0.2) is 0 Å². The Labute approximate surface area is 78.6 Å². The smallest absolute Gasteiger partial charge is 0.0300 e. The van der Waals surface area contributed by atoms with Crippen molar-refractivity contribution >= 4 is 5.71 Å². The molecule has 74 valence electrons. The second kappa shape index (κ2) is 16.8. The van der Waals surface area contributed by atoms with Gasteiger partial charge in [0.1, 0.15) is 0 Å². The minimum Gasteiger partial charge on any atom is -0.263 e. The molecule has 0 aliphatic rings. The Morgan fingerprint density at radius 2 is 1.42 bits per heavy atom. The van der Waals surface area contributed by atoms with Crippen LogP contribution in [0, 0.1) is 0 Å². The summed E-state index contributed by atoms with van der Waals surface area (Å²) in [5, 5.41) is 0. The van der Waals surface area contributed by atoms with E-state index < -0.39 is 0 Å². The van der Waals surface area contributed by atoms with Crippen LogP contribution in [0.1, 0.15) is 54.9 Å². The molecule has 0 aliphatic heterocycles. The molecule has 0 bridgehead atoms. The average Bonchev–Trinajstić information content (AvgIpc) is 2.10. The second-order valence-electron chi connectivity index (χ2n) is 1.94. The standard InChI is InChI=1S/C7H13N.2C2H6/c1-5-7(4)8-6(2)3;2*1-2/h2,5H2,1,3-4H3;2*1-2H3. The van der Waals surface area contributed by atoms with Gasteiger partial charge in [-0.2, -0.15) is 0 Å². The molecule has 0 heterocycles. The van der Waals surface area contributed by atoms with E-state index in [0.29, 0.717) is 0 Å². The van der Waals surface area contributed by atoms with E-state index in [0.717, 1.165) is 17.8 Å². The van der Waals surface area contributed by atoms with Crippen LogP contribution in [0.3, 0.4) is 0 Å². The van der Waals surface area contributed by atoms with E-state index in [9.17, 15) is 0 Å². The minimum atomic E-state index is 0.893. The highest BCUT2D eigenvalue weighted by molar-refractivity contribution is 5.82. The van der Waals surface area contributed by atoms with Crippen molar-refractivity contribution in [3.05, 3.63) is 12.3 Å². The zero-order valence-electron chi connectivity index (χ0n) is 9.86. The van der Waals surface area contributed by atoms with Gasteiger partial charge in [0.2, 0.25) is 0 Å². The van der Waals surface area contributed by atoms with Crippen molar-refractivity contribution < 1.29 is 0 Å². The van der Waals surface area contributed by atoms with Crippen LogP contribution in [-0.4, -0.2) is 5.71 Å². The van der Waals surface area contributed by atoms with Crippen LogP contribution in [-0.2, 0) is 0 Å². The molecule has 0 N–H and O–H groups in total. The fraction of sp³-hybridized carbons (Fsp3) is 0.727. The van der Waals surface area contributed by atoms with Crippen LogP contribution in [0.15, 0.2) is 17.3 Å². The molecule has 0 aliphatic carbocycles. The molecule has 0 aromatic heterocycles. The summed E-state index contributed by atoms with van der Waals surface area (Å²) in [5.74, 6) is 0. The van der Waals surface area contributed by atoms with Gasteiger partial charge in [0, 0.05) is 11.4 Å². The highest BCUT2D eigenvalue weighted by Crippen LogP contribution is 1.92. The molecule has 0 amide bonds. The number of hydrogen-bond donors (Lipinski definition) is 0. The molecule has 0 radical (unpaired) electrons. The maximum absolute atomic E-state index is 4.12. The molecular formula is C11H25N. The summed E-state index contributed by atoms with van der Waals surface area (Å²) in [6.45, 7) is 17.7. The van der Waals surface area contributed by atoms with Crippen molar-refractivity contribution in [2.45, 2.75) is 54.9 Å². The fourth-order valence-corrected chi connectivity index (χ4v) is 0.405. The lowest BCUT2D eigenvalue weighted by Crippen LogP contribution is -1.85. The number of aliphatic imine (C=N–C) groups is 1. The van der Waals surface area contributed by atoms with Gasteiger partial charge in [-0.1, -0.05) is 41.2 Å². The Morgan fingerprint density at radius 3 is 1.50 bits per heavy atom. The summed E-state index contributed by atoms with van der Waals surface area (Å²) in [4.78, 5) is 4.12. The van der Waals surface area contributed by atoms with E-state index in [1.54, 1.807) is 0 Å². The zero-order chi connectivity index (χ0) is 10.6. The van der Waals surface area contributed by atoms with Crippen molar-refractivity contribution in [1.82, 2.24) is 0 Å². The molecular weight excluding hydrogens is 146 g/mol. The van der Waals surface area contributed by atoms with Crippen molar-refractivity contribution in [2.24, 2.45) is 4.99 Å². The molecule has 0 fully saturated rings. The van der Waals surface area contributed by atoms with Crippen LogP contribution >= 0.6 is 0 Å². The van der Waals surface area contributed by atoms with E-state index in [1.807, 2.05) is 41.5 Å². The molecule has 0 rings (SSSR count). The first-order valence-electron chi connectivity index (χ1n) is 4.86. The molecule has 0 atom stereocenters. The summed E-state index contributed by atoms with van der Waals surface area (Å²) >= 11 is 0. The third kappa shape index (κ3) is 22.7. The first-order valence-corrected chi connectivity index (χ1v) is 4.86. The first kappa shape index (κ1) is 17.5. The number of allylic oxidation sites excluding steroid dienone is 1. The zero-order valence-corrected chi connectivity index (χ0v) is 9.86. The van der Waals surface area contributed by atoms with Crippen LogP contribution in [0.2, 0.25) is 0 Å². The van der Waals surface area contributed by atoms with Gasteiger partial charge in [0.25, 0.3) is 0 Å². The van der Waals surface area contributed by atoms with E-state index >= 15 is 0 Å². The Morgan fingerprint density at radius 1 is 1.08 bits per heavy atom. The summed E-state index contributed by atoms with van der Waals surface area (Å²) < 4.78 is 0. The maximum Gasteiger partial charge on any atom is 0.0300 e. The molecule has 12 heavy (non-hydrogen) atoms. The van der Waals surface area contributed by atoms with Crippen molar-refractivity contribution in [1.29, 1.82) is 0 Å². The average molecular weight is 171 g/mol. The number of hydrogen-bond acceptors (Lipinski definition) is 1.